The fourth-order valence-electron chi connectivity index (χ4n) is 3.27. The van der Waals surface area contributed by atoms with Crippen LogP contribution in [0.5, 0.6) is 0 Å². The highest BCUT2D eigenvalue weighted by Crippen LogP contribution is 2.29. The van der Waals surface area contributed by atoms with Gasteiger partial charge in [-0.1, -0.05) is 12.8 Å². The summed E-state index contributed by atoms with van der Waals surface area (Å²) in [5.41, 5.74) is 0. The van der Waals surface area contributed by atoms with Crippen LogP contribution in [0.15, 0.2) is 0 Å². The number of aliphatic carboxylic acids is 1. The summed E-state index contributed by atoms with van der Waals surface area (Å²) in [6.45, 7) is 2.80. The van der Waals surface area contributed by atoms with Gasteiger partial charge in [-0.05, 0) is 26.2 Å². The number of nitrogens with zero attached hydrogens (tertiary/aromatic N) is 1. The van der Waals surface area contributed by atoms with E-state index in [1.807, 2.05) is 0 Å². The summed E-state index contributed by atoms with van der Waals surface area (Å²) in [5.74, 6) is -0.825. The Labute approximate surface area is 108 Å². The normalized spacial score (nSPS) is 30.4. The fraction of sp³-hybridized carbons (Fsp3) is 0.846. The third-order valence-electron chi connectivity index (χ3n) is 4.12. The Morgan fingerprint density at radius 2 is 2.11 bits per heavy atom. The Hall–Kier alpha value is -1.10. The van der Waals surface area contributed by atoms with Gasteiger partial charge in [-0.15, -0.1) is 0 Å². The Morgan fingerprint density at radius 1 is 1.44 bits per heavy atom. The number of carbonyl (C=O) groups excluding carboxylic acids is 1. The molecule has 1 heterocycles. The molecule has 2 N–H and O–H groups in total. The van der Waals surface area contributed by atoms with Crippen molar-refractivity contribution in [1.82, 2.24) is 10.2 Å². The van der Waals surface area contributed by atoms with Crippen LogP contribution in [0.25, 0.3) is 0 Å². The monoisotopic (exact) mass is 254 g/mol. The van der Waals surface area contributed by atoms with Crippen LogP contribution in [0.4, 0.5) is 0 Å². The number of hydrogen-bond donors (Lipinski definition) is 2. The van der Waals surface area contributed by atoms with Crippen LogP contribution in [-0.2, 0) is 9.59 Å². The quantitative estimate of drug-likeness (QED) is 0.784. The number of rotatable bonds is 4. The summed E-state index contributed by atoms with van der Waals surface area (Å²) in [5, 5.41) is 11.7. The van der Waals surface area contributed by atoms with E-state index in [-0.39, 0.29) is 18.4 Å². The predicted octanol–water partition coefficient (Wildman–Crippen LogP) is 0.983. The van der Waals surface area contributed by atoms with Crippen molar-refractivity contribution in [2.24, 2.45) is 0 Å². The third kappa shape index (κ3) is 2.83. The molecule has 2 unspecified atom stereocenters. The first kappa shape index (κ1) is 13.3. The molecular formula is C13H22N2O3. The average molecular weight is 254 g/mol. The molecule has 18 heavy (non-hydrogen) atoms. The van der Waals surface area contributed by atoms with Gasteiger partial charge in [0.05, 0.1) is 6.04 Å². The summed E-state index contributed by atoms with van der Waals surface area (Å²) >= 11 is 0. The highest BCUT2D eigenvalue weighted by molar-refractivity contribution is 5.83. The van der Waals surface area contributed by atoms with E-state index in [9.17, 15) is 9.59 Å². The van der Waals surface area contributed by atoms with Crippen LogP contribution in [0, 0.1) is 0 Å². The highest BCUT2D eigenvalue weighted by Gasteiger charge is 2.39. The maximum Gasteiger partial charge on any atom is 0.303 e. The van der Waals surface area contributed by atoms with Crippen molar-refractivity contribution in [3.05, 3.63) is 0 Å². The largest absolute Gasteiger partial charge is 0.481 e. The van der Waals surface area contributed by atoms with Gasteiger partial charge in [-0.3, -0.25) is 14.5 Å². The Kier molecular flexibility index (Phi) is 4.22. The number of carboxylic acids is 1. The molecule has 1 aliphatic carbocycles. The summed E-state index contributed by atoms with van der Waals surface area (Å²) in [6.07, 6.45) is 5.21. The lowest BCUT2D eigenvalue weighted by Crippen LogP contribution is -2.62. The second-order valence-corrected chi connectivity index (χ2v) is 5.43. The van der Waals surface area contributed by atoms with E-state index in [0.29, 0.717) is 25.0 Å². The number of nitrogens with one attached hydrogen (secondary N) is 1. The van der Waals surface area contributed by atoms with Crippen LogP contribution in [0.1, 0.15) is 45.4 Å². The smallest absolute Gasteiger partial charge is 0.303 e. The van der Waals surface area contributed by atoms with Gasteiger partial charge < -0.3 is 10.4 Å². The van der Waals surface area contributed by atoms with Crippen LogP contribution in [0.3, 0.4) is 0 Å². The lowest BCUT2D eigenvalue weighted by Gasteiger charge is -2.43. The molecule has 1 amide bonds. The van der Waals surface area contributed by atoms with Gasteiger partial charge in [0.25, 0.3) is 0 Å². The van der Waals surface area contributed by atoms with Crippen molar-refractivity contribution in [2.75, 3.05) is 6.54 Å². The second kappa shape index (κ2) is 5.69. The van der Waals surface area contributed by atoms with Crippen LogP contribution in [-0.4, -0.2) is 46.6 Å². The molecule has 5 nitrogen and oxygen atoms in total. The van der Waals surface area contributed by atoms with E-state index < -0.39 is 5.97 Å². The molecular weight excluding hydrogens is 232 g/mol. The Balaban J connectivity index is 2.07. The summed E-state index contributed by atoms with van der Waals surface area (Å²) in [6, 6.07) is 0.516. The first-order valence-corrected chi connectivity index (χ1v) is 6.86. The van der Waals surface area contributed by atoms with E-state index in [1.165, 1.54) is 12.8 Å². The van der Waals surface area contributed by atoms with E-state index in [4.69, 9.17) is 5.11 Å². The topological polar surface area (TPSA) is 69.6 Å². The Bertz CT molecular complexity index is 326. The minimum Gasteiger partial charge on any atom is -0.481 e. The summed E-state index contributed by atoms with van der Waals surface area (Å²) < 4.78 is 0. The van der Waals surface area contributed by atoms with Gasteiger partial charge in [0, 0.05) is 25.0 Å². The average Bonchev–Trinajstić information content (AvgIpc) is 2.83. The molecule has 1 saturated carbocycles. The molecule has 5 heteroatoms. The van der Waals surface area contributed by atoms with Crippen molar-refractivity contribution in [2.45, 2.75) is 63.6 Å². The molecule has 1 aliphatic heterocycles. The molecule has 0 aromatic heterocycles. The Morgan fingerprint density at radius 3 is 2.72 bits per heavy atom. The van der Waals surface area contributed by atoms with Crippen LogP contribution in [0.2, 0.25) is 0 Å². The molecule has 2 aliphatic rings. The maximum atomic E-state index is 12.0. The number of piperazine rings is 1. The number of carbonyl (C=O) groups is 2. The molecule has 0 radical (unpaired) electrons. The fourth-order valence-corrected chi connectivity index (χ4v) is 3.27. The first-order chi connectivity index (χ1) is 8.59. The number of amides is 1. The van der Waals surface area contributed by atoms with Crippen molar-refractivity contribution in [3.8, 4) is 0 Å². The van der Waals surface area contributed by atoms with E-state index in [0.717, 1.165) is 12.8 Å². The summed E-state index contributed by atoms with van der Waals surface area (Å²) in [4.78, 5) is 25.0. The molecule has 0 aromatic carbocycles. The first-order valence-electron chi connectivity index (χ1n) is 6.86. The SMILES string of the molecule is CC1CNC(=O)C(CCC(=O)O)N1C1CCCC1. The molecule has 0 aromatic rings. The zero-order chi connectivity index (χ0) is 13.1. The van der Waals surface area contributed by atoms with Gasteiger partial charge in [0.1, 0.15) is 0 Å². The van der Waals surface area contributed by atoms with Crippen molar-refractivity contribution in [3.63, 3.8) is 0 Å². The van der Waals surface area contributed by atoms with E-state index in [1.54, 1.807) is 0 Å². The molecule has 0 spiro atoms. The molecule has 102 valence electrons. The zero-order valence-corrected chi connectivity index (χ0v) is 10.9. The highest BCUT2D eigenvalue weighted by atomic mass is 16.4. The number of carboxylic acid groups (broad SMARTS) is 1. The molecule has 1 saturated heterocycles. The van der Waals surface area contributed by atoms with Gasteiger partial charge in [-0.2, -0.15) is 0 Å². The van der Waals surface area contributed by atoms with Crippen molar-refractivity contribution in [1.29, 1.82) is 0 Å². The maximum absolute atomic E-state index is 12.0. The van der Waals surface area contributed by atoms with Crippen molar-refractivity contribution < 1.29 is 14.7 Å². The van der Waals surface area contributed by atoms with E-state index in [2.05, 4.69) is 17.1 Å². The zero-order valence-electron chi connectivity index (χ0n) is 10.9. The van der Waals surface area contributed by atoms with Gasteiger partial charge in [0.2, 0.25) is 5.91 Å². The van der Waals surface area contributed by atoms with E-state index >= 15 is 0 Å². The van der Waals surface area contributed by atoms with Crippen molar-refractivity contribution >= 4 is 11.9 Å². The molecule has 2 atom stereocenters. The molecule has 0 bridgehead atoms. The van der Waals surface area contributed by atoms with Crippen LogP contribution < -0.4 is 5.32 Å². The lowest BCUT2D eigenvalue weighted by atomic mass is 9.99. The third-order valence-corrected chi connectivity index (χ3v) is 4.12. The summed E-state index contributed by atoms with van der Waals surface area (Å²) in [7, 11) is 0. The predicted molar refractivity (Wildman–Crippen MR) is 67.2 cm³/mol. The minimum absolute atomic E-state index is 0.00116. The molecule has 2 fully saturated rings. The molecule has 2 rings (SSSR count). The minimum atomic E-state index is -0.826. The van der Waals surface area contributed by atoms with Gasteiger partial charge >= 0.3 is 5.97 Å². The van der Waals surface area contributed by atoms with Crippen LogP contribution >= 0.6 is 0 Å². The lowest BCUT2D eigenvalue weighted by molar-refractivity contribution is -0.139. The second-order valence-electron chi connectivity index (χ2n) is 5.43. The van der Waals surface area contributed by atoms with Gasteiger partial charge in [0.15, 0.2) is 0 Å². The standard InChI is InChI=1S/C13H22N2O3/c1-9-8-14-13(18)11(6-7-12(16)17)15(9)10-4-2-3-5-10/h9-11H,2-8H2,1H3,(H,14,18)(H,16,17). The van der Waals surface area contributed by atoms with Gasteiger partial charge in [-0.25, -0.2) is 0 Å². The number of hydrogen-bond acceptors (Lipinski definition) is 3.